The van der Waals surface area contributed by atoms with Crippen molar-refractivity contribution < 1.29 is 14.3 Å². The predicted octanol–water partition coefficient (Wildman–Crippen LogP) is 2.09. The normalized spacial score (nSPS) is 17.4. The fourth-order valence-corrected chi connectivity index (χ4v) is 3.12. The summed E-state index contributed by atoms with van der Waals surface area (Å²) in [6.07, 6.45) is 3.59. The number of fused-ring (bicyclic) bond motifs is 1. The van der Waals surface area contributed by atoms with Crippen molar-refractivity contribution in [1.82, 2.24) is 20.4 Å². The van der Waals surface area contributed by atoms with Gasteiger partial charge in [0.2, 0.25) is 5.91 Å². The maximum Gasteiger partial charge on any atom is 0.265 e. The molecule has 0 saturated heterocycles. The van der Waals surface area contributed by atoms with E-state index in [1.165, 1.54) is 0 Å². The molecule has 2 amide bonds. The topological polar surface area (TPSA) is 97.3 Å². The molecule has 152 valence electrons. The lowest BCUT2D eigenvalue weighted by Crippen LogP contribution is -2.38. The van der Waals surface area contributed by atoms with Gasteiger partial charge >= 0.3 is 0 Å². The van der Waals surface area contributed by atoms with Crippen LogP contribution in [0.4, 0.5) is 5.69 Å². The highest BCUT2D eigenvalue weighted by molar-refractivity contribution is 5.97. The van der Waals surface area contributed by atoms with Crippen molar-refractivity contribution in [1.29, 1.82) is 0 Å². The van der Waals surface area contributed by atoms with Crippen LogP contribution in [0.15, 0.2) is 30.6 Å². The highest BCUT2D eigenvalue weighted by atomic mass is 35.5. The minimum Gasteiger partial charge on any atom is -0.478 e. The second kappa shape index (κ2) is 9.07. The Balaban J connectivity index is 0.00000280. The largest absolute Gasteiger partial charge is 0.478 e. The van der Waals surface area contributed by atoms with Crippen LogP contribution in [0, 0.1) is 0 Å². The van der Waals surface area contributed by atoms with Crippen molar-refractivity contribution in [3.05, 3.63) is 41.7 Å². The molecule has 3 atom stereocenters. The molecule has 2 heterocycles. The predicted molar refractivity (Wildman–Crippen MR) is 109 cm³/mol. The van der Waals surface area contributed by atoms with Gasteiger partial charge in [0.25, 0.3) is 5.91 Å². The Bertz CT molecular complexity index is 854. The second-order valence-corrected chi connectivity index (χ2v) is 6.66. The van der Waals surface area contributed by atoms with Gasteiger partial charge in [-0.25, -0.2) is 0 Å². The van der Waals surface area contributed by atoms with Crippen LogP contribution in [0.5, 0.6) is 5.75 Å². The molecule has 1 aromatic heterocycles. The summed E-state index contributed by atoms with van der Waals surface area (Å²) in [4.78, 5) is 24.6. The number of carbonyl (C=O) groups excluding carboxylic acids is 2. The number of ether oxygens (including phenoxy) is 1. The molecule has 0 aliphatic carbocycles. The summed E-state index contributed by atoms with van der Waals surface area (Å²) in [5, 5.41) is 13.0. The van der Waals surface area contributed by atoms with E-state index in [0.29, 0.717) is 17.9 Å². The van der Waals surface area contributed by atoms with Gasteiger partial charge in [-0.15, -0.1) is 12.4 Å². The number of likely N-dealkylation sites (N-methyl/N-ethyl adjacent to an activating group) is 1. The van der Waals surface area contributed by atoms with Crippen molar-refractivity contribution in [2.75, 3.05) is 12.4 Å². The molecule has 3 N–H and O–H groups in total. The molecular formula is C19H26ClN5O3. The van der Waals surface area contributed by atoms with Gasteiger partial charge in [-0.2, -0.15) is 5.10 Å². The Morgan fingerprint density at radius 2 is 2.14 bits per heavy atom. The van der Waals surface area contributed by atoms with E-state index in [9.17, 15) is 9.59 Å². The number of aromatic nitrogens is 2. The highest BCUT2D eigenvalue weighted by Crippen LogP contribution is 2.33. The van der Waals surface area contributed by atoms with Crippen molar-refractivity contribution in [2.24, 2.45) is 7.05 Å². The fraction of sp³-hybridized carbons (Fsp3) is 0.421. The zero-order chi connectivity index (χ0) is 19.6. The minimum absolute atomic E-state index is 0. The summed E-state index contributed by atoms with van der Waals surface area (Å²) in [6.45, 7) is 3.81. The van der Waals surface area contributed by atoms with E-state index in [4.69, 9.17) is 4.74 Å². The zero-order valence-electron chi connectivity index (χ0n) is 16.4. The summed E-state index contributed by atoms with van der Waals surface area (Å²) < 4.78 is 7.44. The first-order valence-corrected chi connectivity index (χ1v) is 9.00. The van der Waals surface area contributed by atoms with Crippen LogP contribution in [0.25, 0.3) is 0 Å². The van der Waals surface area contributed by atoms with Crippen molar-refractivity contribution in [3.63, 3.8) is 0 Å². The van der Waals surface area contributed by atoms with Crippen LogP contribution in [0.2, 0.25) is 0 Å². The third-order valence-corrected chi connectivity index (χ3v) is 4.66. The van der Waals surface area contributed by atoms with E-state index in [-0.39, 0.29) is 30.3 Å². The first-order valence-electron chi connectivity index (χ1n) is 9.00. The Labute approximate surface area is 170 Å². The Hall–Kier alpha value is -2.58. The number of halogens is 1. The quantitative estimate of drug-likeness (QED) is 0.681. The molecule has 3 unspecified atom stereocenters. The molecular weight excluding hydrogens is 382 g/mol. The fourth-order valence-electron chi connectivity index (χ4n) is 3.12. The molecule has 0 saturated carbocycles. The molecule has 2 aromatic rings. The zero-order valence-corrected chi connectivity index (χ0v) is 17.2. The van der Waals surface area contributed by atoms with Gasteiger partial charge in [-0.3, -0.25) is 14.3 Å². The van der Waals surface area contributed by atoms with Crippen molar-refractivity contribution >= 4 is 29.9 Å². The van der Waals surface area contributed by atoms with Crippen LogP contribution in [0.1, 0.15) is 43.5 Å². The number of nitrogens with zero attached hydrogens (tertiary/aromatic N) is 2. The van der Waals surface area contributed by atoms with Crippen LogP contribution in [0.3, 0.4) is 0 Å². The summed E-state index contributed by atoms with van der Waals surface area (Å²) >= 11 is 0. The van der Waals surface area contributed by atoms with Crippen LogP contribution in [-0.2, 0) is 16.6 Å². The summed E-state index contributed by atoms with van der Waals surface area (Å²) in [7, 11) is 3.55. The molecule has 0 spiro atoms. The van der Waals surface area contributed by atoms with E-state index in [0.717, 1.165) is 11.1 Å². The number of benzene rings is 1. The second-order valence-electron chi connectivity index (χ2n) is 6.66. The molecule has 0 fully saturated rings. The van der Waals surface area contributed by atoms with Gasteiger partial charge < -0.3 is 20.7 Å². The summed E-state index contributed by atoms with van der Waals surface area (Å²) in [5.74, 6) is 0.348. The lowest BCUT2D eigenvalue weighted by Gasteiger charge is -2.26. The molecule has 1 aliphatic rings. The number of nitrogens with one attached hydrogen (secondary N) is 3. The van der Waals surface area contributed by atoms with E-state index < -0.39 is 12.1 Å². The number of rotatable bonds is 6. The molecule has 8 nitrogen and oxygen atoms in total. The maximum absolute atomic E-state index is 12.7. The first-order chi connectivity index (χ1) is 12.9. The van der Waals surface area contributed by atoms with E-state index in [1.54, 1.807) is 24.0 Å². The van der Waals surface area contributed by atoms with Crippen molar-refractivity contribution in [2.45, 2.75) is 38.5 Å². The average molecular weight is 408 g/mol. The third-order valence-electron chi connectivity index (χ3n) is 4.66. The average Bonchev–Trinajstić information content (AvgIpc) is 3.07. The Kier molecular flexibility index (Phi) is 7.04. The van der Waals surface area contributed by atoms with Gasteiger partial charge in [0, 0.05) is 18.8 Å². The Morgan fingerprint density at radius 3 is 2.75 bits per heavy atom. The number of amides is 2. The number of hydrogen-bond donors (Lipinski definition) is 3. The number of aryl methyl sites for hydroxylation is 1. The lowest BCUT2D eigenvalue weighted by atomic mass is 10.0. The maximum atomic E-state index is 12.7. The SMILES string of the molecule is CCC1Oc2cc(C(C)NC(=O)C(NC)c3cnn(C)c3)ccc2NC1=O.Cl. The van der Waals surface area contributed by atoms with Gasteiger partial charge in [-0.05, 0) is 38.1 Å². The molecule has 1 aliphatic heterocycles. The first kappa shape index (κ1) is 21.7. The molecule has 28 heavy (non-hydrogen) atoms. The minimum atomic E-state index is -0.489. The van der Waals surface area contributed by atoms with Gasteiger partial charge in [-0.1, -0.05) is 13.0 Å². The third kappa shape index (κ3) is 4.45. The number of hydrogen-bond acceptors (Lipinski definition) is 5. The van der Waals surface area contributed by atoms with Crippen molar-refractivity contribution in [3.8, 4) is 5.75 Å². The molecule has 1 aromatic carbocycles. The molecule has 0 radical (unpaired) electrons. The van der Waals surface area contributed by atoms with E-state index in [1.807, 2.05) is 39.2 Å². The van der Waals surface area contributed by atoms with Gasteiger partial charge in [0.15, 0.2) is 6.10 Å². The summed E-state index contributed by atoms with van der Waals surface area (Å²) in [6, 6.07) is 4.82. The lowest BCUT2D eigenvalue weighted by molar-refractivity contribution is -0.124. The van der Waals surface area contributed by atoms with Gasteiger partial charge in [0.05, 0.1) is 17.9 Å². The van der Waals surface area contributed by atoms with E-state index >= 15 is 0 Å². The van der Waals surface area contributed by atoms with Crippen LogP contribution in [-0.4, -0.2) is 34.7 Å². The molecule has 9 heteroatoms. The standard InChI is InChI=1S/C19H25N5O3.ClH/c1-5-15-18(25)23-14-7-6-12(8-16(14)27-15)11(2)22-19(26)17(20-3)13-9-21-24(4)10-13;/h6-11,15,17,20H,5H2,1-4H3,(H,22,26)(H,23,25);1H. The van der Waals surface area contributed by atoms with Crippen LogP contribution >= 0.6 is 12.4 Å². The Morgan fingerprint density at radius 1 is 1.39 bits per heavy atom. The summed E-state index contributed by atoms with van der Waals surface area (Å²) in [5.41, 5.74) is 2.34. The molecule has 3 rings (SSSR count). The number of carbonyl (C=O) groups is 2. The highest BCUT2D eigenvalue weighted by Gasteiger charge is 2.27. The van der Waals surface area contributed by atoms with Gasteiger partial charge in [0.1, 0.15) is 11.8 Å². The van der Waals surface area contributed by atoms with E-state index in [2.05, 4.69) is 21.0 Å². The van der Waals surface area contributed by atoms with Crippen LogP contribution < -0.4 is 20.7 Å². The molecule has 0 bridgehead atoms. The number of anilines is 1. The smallest absolute Gasteiger partial charge is 0.265 e. The monoisotopic (exact) mass is 407 g/mol.